The first kappa shape index (κ1) is 14.8. The molecule has 0 atom stereocenters. The van der Waals surface area contributed by atoms with E-state index in [-0.39, 0.29) is 24.0 Å². The van der Waals surface area contributed by atoms with Crippen molar-refractivity contribution in [2.24, 2.45) is 0 Å². The summed E-state index contributed by atoms with van der Waals surface area (Å²) in [5.74, 6) is -0.990. The highest BCUT2D eigenvalue weighted by molar-refractivity contribution is 5.94. The number of phenolic OH excluding ortho intramolecular Hbond substituents is 1. The molecular formula is C13H17NO5. The molecule has 104 valence electrons. The molecule has 0 saturated carbocycles. The van der Waals surface area contributed by atoms with Crippen LogP contribution in [-0.4, -0.2) is 36.7 Å². The molecule has 0 radical (unpaired) electrons. The first-order valence-electron chi connectivity index (χ1n) is 5.77. The molecule has 0 aromatic heterocycles. The lowest BCUT2D eigenvalue weighted by molar-refractivity contribution is -0.124. The van der Waals surface area contributed by atoms with Crippen molar-refractivity contribution in [3.05, 3.63) is 23.8 Å². The number of methoxy groups -OCH3 is 1. The zero-order chi connectivity index (χ0) is 14.4. The van der Waals surface area contributed by atoms with Crippen molar-refractivity contribution in [1.29, 1.82) is 0 Å². The number of carbonyl (C=O) groups is 2. The van der Waals surface area contributed by atoms with Gasteiger partial charge in [0.15, 0.2) is 6.61 Å². The van der Waals surface area contributed by atoms with E-state index in [9.17, 15) is 14.7 Å². The first-order chi connectivity index (χ1) is 8.93. The monoisotopic (exact) mass is 267 g/mol. The summed E-state index contributed by atoms with van der Waals surface area (Å²) in [6.07, 6.45) is 0. The summed E-state index contributed by atoms with van der Waals surface area (Å²) >= 11 is 0. The van der Waals surface area contributed by atoms with Gasteiger partial charge in [0, 0.05) is 12.1 Å². The number of hydrogen-bond acceptors (Lipinski definition) is 5. The third kappa shape index (κ3) is 4.50. The van der Waals surface area contributed by atoms with Gasteiger partial charge in [0.25, 0.3) is 5.91 Å². The summed E-state index contributed by atoms with van der Waals surface area (Å²) < 4.78 is 9.69. The van der Waals surface area contributed by atoms with Gasteiger partial charge in [-0.05, 0) is 26.0 Å². The van der Waals surface area contributed by atoms with Crippen LogP contribution in [-0.2, 0) is 9.53 Å². The van der Waals surface area contributed by atoms with Gasteiger partial charge in [0.1, 0.15) is 17.1 Å². The number of esters is 1. The average molecular weight is 267 g/mol. The van der Waals surface area contributed by atoms with Crippen LogP contribution in [0, 0.1) is 0 Å². The fraction of sp³-hybridized carbons (Fsp3) is 0.385. The lowest BCUT2D eigenvalue weighted by atomic mass is 10.2. The van der Waals surface area contributed by atoms with Crippen LogP contribution in [0.25, 0.3) is 0 Å². The highest BCUT2D eigenvalue weighted by Crippen LogP contribution is 2.23. The van der Waals surface area contributed by atoms with Crippen LogP contribution in [0.1, 0.15) is 24.2 Å². The van der Waals surface area contributed by atoms with E-state index < -0.39 is 11.9 Å². The molecule has 0 bridgehead atoms. The SMILES string of the molecule is COc1ccc(C(=O)OCC(=O)NC(C)C)c(O)c1. The van der Waals surface area contributed by atoms with E-state index in [0.717, 1.165) is 0 Å². The zero-order valence-corrected chi connectivity index (χ0v) is 11.1. The molecule has 1 amide bonds. The summed E-state index contributed by atoms with van der Waals surface area (Å²) in [5.41, 5.74) is -0.0156. The Labute approximate surface area is 111 Å². The third-order valence-electron chi connectivity index (χ3n) is 2.21. The number of nitrogens with one attached hydrogen (secondary N) is 1. The van der Waals surface area contributed by atoms with Gasteiger partial charge in [-0.1, -0.05) is 0 Å². The maximum absolute atomic E-state index is 11.7. The van der Waals surface area contributed by atoms with E-state index in [4.69, 9.17) is 9.47 Å². The van der Waals surface area contributed by atoms with Crippen LogP contribution < -0.4 is 10.1 Å². The fourth-order valence-electron chi connectivity index (χ4n) is 1.38. The number of ether oxygens (including phenoxy) is 2. The van der Waals surface area contributed by atoms with E-state index in [1.807, 2.05) is 0 Å². The van der Waals surface area contributed by atoms with Crippen LogP contribution >= 0.6 is 0 Å². The molecule has 0 fully saturated rings. The lowest BCUT2D eigenvalue weighted by Gasteiger charge is -2.09. The van der Waals surface area contributed by atoms with Gasteiger partial charge in [-0.15, -0.1) is 0 Å². The van der Waals surface area contributed by atoms with E-state index in [2.05, 4.69) is 5.32 Å². The topological polar surface area (TPSA) is 84.9 Å². The number of benzene rings is 1. The minimum absolute atomic E-state index is 0.0156. The van der Waals surface area contributed by atoms with Gasteiger partial charge in [-0.25, -0.2) is 4.79 Å². The molecule has 0 aliphatic heterocycles. The molecular weight excluding hydrogens is 250 g/mol. The fourth-order valence-corrected chi connectivity index (χ4v) is 1.38. The van der Waals surface area contributed by atoms with Crippen LogP contribution in [0.3, 0.4) is 0 Å². The molecule has 0 heterocycles. The molecule has 0 saturated heterocycles. The van der Waals surface area contributed by atoms with E-state index in [0.29, 0.717) is 5.75 Å². The number of phenols is 1. The molecule has 0 unspecified atom stereocenters. The van der Waals surface area contributed by atoms with Gasteiger partial charge >= 0.3 is 5.97 Å². The van der Waals surface area contributed by atoms with Crippen molar-refractivity contribution in [2.45, 2.75) is 19.9 Å². The number of rotatable bonds is 5. The molecule has 6 heteroatoms. The van der Waals surface area contributed by atoms with Gasteiger partial charge in [-0.2, -0.15) is 0 Å². The number of hydrogen-bond donors (Lipinski definition) is 2. The summed E-state index contributed by atoms with van der Waals surface area (Å²) in [6, 6.07) is 4.16. The average Bonchev–Trinajstić information content (AvgIpc) is 2.35. The first-order valence-corrected chi connectivity index (χ1v) is 5.77. The largest absolute Gasteiger partial charge is 0.507 e. The minimum Gasteiger partial charge on any atom is -0.507 e. The number of aromatic hydroxyl groups is 1. The van der Waals surface area contributed by atoms with Gasteiger partial charge in [-0.3, -0.25) is 4.79 Å². The number of carbonyl (C=O) groups excluding carboxylic acids is 2. The normalized spacial score (nSPS) is 10.1. The highest BCUT2D eigenvalue weighted by Gasteiger charge is 2.15. The van der Waals surface area contributed by atoms with Crippen molar-refractivity contribution in [2.75, 3.05) is 13.7 Å². The van der Waals surface area contributed by atoms with Crippen molar-refractivity contribution >= 4 is 11.9 Å². The number of amides is 1. The predicted molar refractivity (Wildman–Crippen MR) is 68.2 cm³/mol. The van der Waals surface area contributed by atoms with Gasteiger partial charge in [0.05, 0.1) is 7.11 Å². The Balaban J connectivity index is 2.61. The maximum atomic E-state index is 11.7. The van der Waals surface area contributed by atoms with Crippen LogP contribution in [0.4, 0.5) is 0 Å². The summed E-state index contributed by atoms with van der Waals surface area (Å²) in [6.45, 7) is 3.21. The quantitative estimate of drug-likeness (QED) is 0.780. The Morgan fingerprint density at radius 2 is 2.05 bits per heavy atom. The molecule has 0 aliphatic rings. The zero-order valence-electron chi connectivity index (χ0n) is 11.1. The summed E-state index contributed by atoms with van der Waals surface area (Å²) in [4.78, 5) is 23.0. The Kier molecular flexibility index (Phi) is 5.17. The Bertz CT molecular complexity index is 470. The summed E-state index contributed by atoms with van der Waals surface area (Å²) in [7, 11) is 1.45. The van der Waals surface area contributed by atoms with Crippen molar-refractivity contribution in [3.8, 4) is 11.5 Å². The Morgan fingerprint density at radius 3 is 2.58 bits per heavy atom. The maximum Gasteiger partial charge on any atom is 0.342 e. The van der Waals surface area contributed by atoms with E-state index in [1.165, 1.54) is 25.3 Å². The minimum atomic E-state index is -0.765. The second-order valence-electron chi connectivity index (χ2n) is 4.18. The molecule has 1 aromatic carbocycles. The van der Waals surface area contributed by atoms with Gasteiger partial charge < -0.3 is 19.9 Å². The Morgan fingerprint density at radius 1 is 1.37 bits per heavy atom. The molecule has 0 aliphatic carbocycles. The predicted octanol–water partition coefficient (Wildman–Crippen LogP) is 1.08. The molecule has 0 spiro atoms. The summed E-state index contributed by atoms with van der Waals surface area (Å²) in [5, 5.41) is 12.2. The van der Waals surface area contributed by atoms with E-state index in [1.54, 1.807) is 13.8 Å². The molecule has 19 heavy (non-hydrogen) atoms. The second kappa shape index (κ2) is 6.63. The third-order valence-corrected chi connectivity index (χ3v) is 2.21. The molecule has 6 nitrogen and oxygen atoms in total. The van der Waals surface area contributed by atoms with Crippen molar-refractivity contribution < 1.29 is 24.2 Å². The Hall–Kier alpha value is -2.24. The molecule has 1 aromatic rings. The van der Waals surface area contributed by atoms with E-state index >= 15 is 0 Å². The molecule has 1 rings (SSSR count). The second-order valence-corrected chi connectivity index (χ2v) is 4.18. The lowest BCUT2D eigenvalue weighted by Crippen LogP contribution is -2.33. The van der Waals surface area contributed by atoms with Crippen molar-refractivity contribution in [3.63, 3.8) is 0 Å². The van der Waals surface area contributed by atoms with Crippen LogP contribution in [0.5, 0.6) is 11.5 Å². The molecule has 2 N–H and O–H groups in total. The van der Waals surface area contributed by atoms with Crippen LogP contribution in [0.2, 0.25) is 0 Å². The van der Waals surface area contributed by atoms with Gasteiger partial charge in [0.2, 0.25) is 0 Å². The highest BCUT2D eigenvalue weighted by atomic mass is 16.5. The standard InChI is InChI=1S/C13H17NO5/c1-8(2)14-12(16)7-19-13(17)10-5-4-9(18-3)6-11(10)15/h4-6,8,15H,7H2,1-3H3,(H,14,16). The van der Waals surface area contributed by atoms with Crippen molar-refractivity contribution in [1.82, 2.24) is 5.32 Å². The smallest absolute Gasteiger partial charge is 0.342 e. The van der Waals surface area contributed by atoms with Crippen LogP contribution in [0.15, 0.2) is 18.2 Å².